The first kappa shape index (κ1) is 18.9. The summed E-state index contributed by atoms with van der Waals surface area (Å²) in [6, 6.07) is 22.4. The van der Waals surface area contributed by atoms with Crippen molar-refractivity contribution in [3.05, 3.63) is 89.4 Å². The van der Waals surface area contributed by atoms with Gasteiger partial charge in [-0.2, -0.15) is 15.5 Å². The molecule has 144 valence electrons. The molecule has 6 heteroatoms. The molecule has 0 aliphatic rings. The largest absolute Gasteiger partial charge is 0.493 e. The van der Waals surface area contributed by atoms with Gasteiger partial charge in [-0.05, 0) is 52.7 Å². The Bertz CT molecular complexity index is 1300. The minimum Gasteiger partial charge on any atom is -0.493 e. The molecule has 0 radical (unpaired) electrons. The number of rotatable bonds is 5. The van der Waals surface area contributed by atoms with Crippen LogP contribution in [0.1, 0.15) is 22.5 Å². The van der Waals surface area contributed by atoms with Gasteiger partial charge in [0, 0.05) is 18.7 Å². The van der Waals surface area contributed by atoms with Crippen LogP contribution in [-0.4, -0.2) is 17.1 Å². The van der Waals surface area contributed by atoms with Crippen LogP contribution in [0.2, 0.25) is 0 Å². The third kappa shape index (κ3) is 4.04. The lowest BCUT2D eigenvalue weighted by Crippen LogP contribution is -1.99. The van der Waals surface area contributed by atoms with E-state index in [9.17, 15) is 0 Å². The van der Waals surface area contributed by atoms with E-state index < -0.39 is 0 Å². The van der Waals surface area contributed by atoms with E-state index in [4.69, 9.17) is 20.0 Å². The molecule has 0 unspecified atom stereocenters. The number of ether oxygens (including phenoxy) is 2. The molecule has 4 rings (SSSR count). The van der Waals surface area contributed by atoms with Gasteiger partial charge in [-0.1, -0.05) is 18.2 Å². The van der Waals surface area contributed by atoms with E-state index in [1.807, 2.05) is 36.4 Å². The Labute approximate surface area is 173 Å². The highest BCUT2D eigenvalue weighted by atomic mass is 16.5. The monoisotopic (exact) mass is 392 g/mol. The summed E-state index contributed by atoms with van der Waals surface area (Å²) in [5, 5.41) is 19.8. The second-order valence-corrected chi connectivity index (χ2v) is 6.58. The van der Waals surface area contributed by atoms with E-state index in [2.05, 4.69) is 22.1 Å². The number of hydrogen-bond donors (Lipinski definition) is 0. The zero-order valence-corrected chi connectivity index (χ0v) is 16.2. The predicted molar refractivity (Wildman–Crippen MR) is 111 cm³/mol. The zero-order valence-electron chi connectivity index (χ0n) is 16.2. The van der Waals surface area contributed by atoms with Crippen molar-refractivity contribution in [2.45, 2.75) is 6.42 Å². The molecule has 0 N–H and O–H groups in total. The predicted octanol–water partition coefficient (Wildman–Crippen LogP) is 4.76. The van der Waals surface area contributed by atoms with Crippen molar-refractivity contribution < 1.29 is 9.47 Å². The highest BCUT2D eigenvalue weighted by Gasteiger charge is 2.11. The minimum absolute atomic E-state index is 0.403. The molecule has 1 aromatic heterocycles. The average Bonchev–Trinajstić information content (AvgIpc) is 2.79. The summed E-state index contributed by atoms with van der Waals surface area (Å²) in [4.78, 5) is 8.80. The number of methoxy groups -OCH3 is 1. The molecule has 1 heterocycles. The lowest BCUT2D eigenvalue weighted by atomic mass is 10.1. The van der Waals surface area contributed by atoms with Crippen LogP contribution in [0.5, 0.6) is 17.4 Å². The Balaban J connectivity index is 1.60. The third-order valence-electron chi connectivity index (χ3n) is 4.59. The van der Waals surface area contributed by atoms with Gasteiger partial charge in [-0.15, -0.1) is 0 Å². The smallest absolute Gasteiger partial charge is 0.222 e. The first-order valence-electron chi connectivity index (χ1n) is 9.19. The summed E-state index contributed by atoms with van der Waals surface area (Å²) < 4.78 is 11.5. The molecule has 0 fully saturated rings. The maximum atomic E-state index is 9.10. The molecule has 0 atom stereocenters. The van der Waals surface area contributed by atoms with E-state index in [0.29, 0.717) is 40.8 Å². The van der Waals surface area contributed by atoms with Gasteiger partial charge in [0.2, 0.25) is 5.88 Å². The summed E-state index contributed by atoms with van der Waals surface area (Å²) in [5.74, 6) is 2.08. The minimum atomic E-state index is 0.403. The standard InChI is InChI=1S/C24H16N4O2/c1-29-21-13-20-10-18(15-26)6-7-19(20)12-22(21)30-24-8-9-27-23(28-24)11-16-2-4-17(14-25)5-3-16/h2-10,12-13H,11H2,1H3. The van der Waals surface area contributed by atoms with E-state index in [0.717, 1.165) is 16.3 Å². The van der Waals surface area contributed by atoms with Crippen molar-refractivity contribution in [3.63, 3.8) is 0 Å². The van der Waals surface area contributed by atoms with Crippen LogP contribution in [0.25, 0.3) is 10.8 Å². The number of nitrogens with zero attached hydrogens (tertiary/aromatic N) is 4. The van der Waals surface area contributed by atoms with Gasteiger partial charge in [0.1, 0.15) is 5.82 Å². The van der Waals surface area contributed by atoms with Gasteiger partial charge in [-0.25, -0.2) is 4.98 Å². The summed E-state index contributed by atoms with van der Waals surface area (Å²) in [6.07, 6.45) is 2.17. The molecule has 0 bridgehead atoms. The van der Waals surface area contributed by atoms with E-state index in [1.165, 1.54) is 0 Å². The fourth-order valence-corrected chi connectivity index (χ4v) is 3.08. The van der Waals surface area contributed by atoms with E-state index in [1.54, 1.807) is 37.6 Å². The molecule has 0 aliphatic heterocycles. The Hall–Kier alpha value is -4.42. The molecular formula is C24H16N4O2. The maximum Gasteiger partial charge on any atom is 0.222 e. The molecular weight excluding hydrogens is 376 g/mol. The van der Waals surface area contributed by atoms with Crippen molar-refractivity contribution in [1.29, 1.82) is 10.5 Å². The van der Waals surface area contributed by atoms with Crippen LogP contribution in [0, 0.1) is 22.7 Å². The molecule has 0 amide bonds. The first-order chi connectivity index (χ1) is 14.7. The van der Waals surface area contributed by atoms with Crippen molar-refractivity contribution in [3.8, 4) is 29.5 Å². The quantitative estimate of drug-likeness (QED) is 0.486. The SMILES string of the molecule is COc1cc2cc(C#N)ccc2cc1Oc1ccnc(Cc2ccc(C#N)cc2)n1. The van der Waals surface area contributed by atoms with E-state index >= 15 is 0 Å². The Morgan fingerprint density at radius 2 is 1.57 bits per heavy atom. The Kier molecular flexibility index (Phi) is 5.23. The van der Waals surface area contributed by atoms with Crippen molar-refractivity contribution in [1.82, 2.24) is 9.97 Å². The van der Waals surface area contributed by atoms with Crippen LogP contribution in [0.4, 0.5) is 0 Å². The number of benzene rings is 3. The number of fused-ring (bicyclic) bond motifs is 1. The molecule has 0 saturated heterocycles. The topological polar surface area (TPSA) is 91.8 Å². The Morgan fingerprint density at radius 3 is 2.30 bits per heavy atom. The Morgan fingerprint density at radius 1 is 0.833 bits per heavy atom. The van der Waals surface area contributed by atoms with Crippen molar-refractivity contribution in [2.24, 2.45) is 0 Å². The molecule has 0 saturated carbocycles. The van der Waals surface area contributed by atoms with Crippen LogP contribution in [0.15, 0.2) is 66.9 Å². The van der Waals surface area contributed by atoms with Gasteiger partial charge in [-0.3, -0.25) is 0 Å². The third-order valence-corrected chi connectivity index (χ3v) is 4.59. The second kappa shape index (κ2) is 8.30. The molecule has 30 heavy (non-hydrogen) atoms. The highest BCUT2D eigenvalue weighted by Crippen LogP contribution is 2.35. The summed E-state index contributed by atoms with van der Waals surface area (Å²) in [6.45, 7) is 0. The lowest BCUT2D eigenvalue weighted by molar-refractivity contribution is 0.374. The molecule has 6 nitrogen and oxygen atoms in total. The van der Waals surface area contributed by atoms with Gasteiger partial charge >= 0.3 is 0 Å². The molecule has 4 aromatic rings. The zero-order chi connectivity index (χ0) is 20.9. The van der Waals surface area contributed by atoms with E-state index in [-0.39, 0.29) is 0 Å². The van der Waals surface area contributed by atoms with Gasteiger partial charge in [0.25, 0.3) is 0 Å². The van der Waals surface area contributed by atoms with Crippen LogP contribution in [-0.2, 0) is 6.42 Å². The van der Waals surface area contributed by atoms with Crippen LogP contribution in [0.3, 0.4) is 0 Å². The number of aromatic nitrogens is 2. The maximum absolute atomic E-state index is 9.10. The molecule has 0 aliphatic carbocycles. The first-order valence-corrected chi connectivity index (χ1v) is 9.19. The van der Waals surface area contributed by atoms with Crippen molar-refractivity contribution in [2.75, 3.05) is 7.11 Å². The fourth-order valence-electron chi connectivity index (χ4n) is 3.08. The summed E-state index contributed by atoms with van der Waals surface area (Å²) >= 11 is 0. The number of nitriles is 2. The van der Waals surface area contributed by atoms with Crippen molar-refractivity contribution >= 4 is 10.8 Å². The van der Waals surface area contributed by atoms with Gasteiger partial charge < -0.3 is 9.47 Å². The summed E-state index contributed by atoms with van der Waals surface area (Å²) in [7, 11) is 1.57. The highest BCUT2D eigenvalue weighted by molar-refractivity contribution is 5.87. The normalized spacial score (nSPS) is 10.2. The molecule has 0 spiro atoms. The van der Waals surface area contributed by atoms with Crippen LogP contribution >= 0.6 is 0 Å². The lowest BCUT2D eigenvalue weighted by Gasteiger charge is -2.12. The van der Waals surface area contributed by atoms with Gasteiger partial charge in [0.15, 0.2) is 11.5 Å². The fraction of sp³-hybridized carbons (Fsp3) is 0.0833. The summed E-state index contributed by atoms with van der Waals surface area (Å²) in [5.41, 5.74) is 2.20. The number of hydrogen-bond acceptors (Lipinski definition) is 6. The van der Waals surface area contributed by atoms with Crippen LogP contribution < -0.4 is 9.47 Å². The van der Waals surface area contributed by atoms with Gasteiger partial charge in [0.05, 0.1) is 30.4 Å². The second-order valence-electron chi connectivity index (χ2n) is 6.58. The average molecular weight is 392 g/mol. The molecule has 3 aromatic carbocycles.